The number of rotatable bonds is 35. The Morgan fingerprint density at radius 1 is 0.326 bits per heavy atom. The molecule has 0 aliphatic carbocycles. The van der Waals surface area contributed by atoms with Gasteiger partial charge in [0.2, 0.25) is 0 Å². The molecule has 0 saturated heterocycles. The van der Waals surface area contributed by atoms with Gasteiger partial charge >= 0.3 is 5.97 Å². The molecular weight excluding hydrogens is 528 g/mol. The molecule has 0 heterocycles. The summed E-state index contributed by atoms with van der Waals surface area (Å²) in [5.74, 6) is -0.217. The molecule has 0 bridgehead atoms. The molecule has 0 aliphatic rings. The second-order valence-electron chi connectivity index (χ2n) is 13.4. The van der Waals surface area contributed by atoms with Crippen molar-refractivity contribution in [2.45, 2.75) is 245 Å². The van der Waals surface area contributed by atoms with E-state index in [2.05, 4.69) is 13.8 Å². The molecule has 0 atom stereocenters. The molecule has 0 aromatic carbocycles. The average Bonchev–Trinajstić information content (AvgIpc) is 3.00. The van der Waals surface area contributed by atoms with Crippen LogP contribution in [0, 0.1) is 0 Å². The first-order valence-corrected chi connectivity index (χ1v) is 19.8. The lowest BCUT2D eigenvalue weighted by Crippen LogP contribution is -1.97. The van der Waals surface area contributed by atoms with Crippen LogP contribution in [0.25, 0.3) is 0 Å². The summed E-state index contributed by atoms with van der Waals surface area (Å²) in [6, 6.07) is 0. The molecule has 0 unspecified atom stereocenters. The first-order chi connectivity index (χ1) is 21.1. The normalized spacial score (nSPS) is 11.0. The maximum absolute atomic E-state index is 12.1. The molecule has 3 nitrogen and oxygen atoms in total. The molecule has 0 amide bonds. The van der Waals surface area contributed by atoms with Crippen molar-refractivity contribution in [3.63, 3.8) is 0 Å². The Morgan fingerprint density at radius 2 is 0.488 bits per heavy atom. The number of ketones is 1. The molecular formula is C40H80O3. The number of carboxylic acid groups (broad SMARTS) is 1. The summed E-state index contributed by atoms with van der Waals surface area (Å²) in [7, 11) is 0. The number of hydrogen-bond donors (Lipinski definition) is 1. The highest BCUT2D eigenvalue weighted by atomic mass is 16.4. The highest BCUT2D eigenvalue weighted by Crippen LogP contribution is 2.16. The van der Waals surface area contributed by atoms with E-state index in [-0.39, 0.29) is 6.42 Å². The van der Waals surface area contributed by atoms with Crippen LogP contribution in [0.4, 0.5) is 0 Å². The minimum atomic E-state index is -0.745. The van der Waals surface area contributed by atoms with E-state index in [1.165, 1.54) is 193 Å². The Bertz CT molecular complexity index is 492. The van der Waals surface area contributed by atoms with Crippen LogP contribution in [0.3, 0.4) is 0 Å². The van der Waals surface area contributed by atoms with Gasteiger partial charge in [0.25, 0.3) is 0 Å². The molecule has 43 heavy (non-hydrogen) atoms. The second kappa shape index (κ2) is 41.1. The Labute approximate surface area is 271 Å². The van der Waals surface area contributed by atoms with Crippen LogP contribution in [0.1, 0.15) is 245 Å². The van der Waals surface area contributed by atoms with E-state index in [1.54, 1.807) is 6.92 Å². The molecule has 258 valence electrons. The van der Waals surface area contributed by atoms with E-state index in [4.69, 9.17) is 5.11 Å². The van der Waals surface area contributed by atoms with Gasteiger partial charge in [-0.1, -0.05) is 213 Å². The summed E-state index contributed by atoms with van der Waals surface area (Å²) in [6.45, 7) is 6.19. The van der Waals surface area contributed by atoms with Gasteiger partial charge in [0.1, 0.15) is 5.78 Å². The Hall–Kier alpha value is -0.860. The Kier molecular flexibility index (Phi) is 42.4. The van der Waals surface area contributed by atoms with Crippen LogP contribution >= 0.6 is 0 Å². The highest BCUT2D eigenvalue weighted by molar-refractivity contribution is 5.78. The van der Waals surface area contributed by atoms with Crippen molar-refractivity contribution < 1.29 is 14.7 Å². The molecule has 0 aromatic rings. The predicted molar refractivity (Wildman–Crippen MR) is 191 cm³/mol. The monoisotopic (exact) mass is 609 g/mol. The van der Waals surface area contributed by atoms with Crippen LogP contribution in [-0.4, -0.2) is 16.9 Å². The number of carboxylic acids is 1. The lowest BCUT2D eigenvalue weighted by Gasteiger charge is -2.04. The number of hydrogen-bond acceptors (Lipinski definition) is 2. The summed E-state index contributed by atoms with van der Waals surface area (Å²) >= 11 is 0. The molecule has 0 aliphatic heterocycles. The van der Waals surface area contributed by atoms with Crippen molar-refractivity contribution in [1.82, 2.24) is 0 Å². The molecule has 0 spiro atoms. The molecule has 0 aromatic heterocycles. The van der Waals surface area contributed by atoms with Gasteiger partial charge < -0.3 is 5.11 Å². The fourth-order valence-electron chi connectivity index (χ4n) is 5.87. The minimum absolute atomic E-state index is 0.222. The van der Waals surface area contributed by atoms with Gasteiger partial charge in [-0.2, -0.15) is 0 Å². The van der Waals surface area contributed by atoms with E-state index in [1.807, 2.05) is 0 Å². The number of carbonyl (C=O) groups excluding carboxylic acids is 1. The van der Waals surface area contributed by atoms with Gasteiger partial charge in [0.15, 0.2) is 0 Å². The molecule has 0 fully saturated rings. The van der Waals surface area contributed by atoms with Crippen LogP contribution in [0.2, 0.25) is 0 Å². The lowest BCUT2D eigenvalue weighted by atomic mass is 10.0. The SMILES string of the molecule is CCC(=O)O.CCCCCCCCCCCCCCCCCCC(=O)CCCCCCCCCCCCCCCCCC. The van der Waals surface area contributed by atoms with Crippen LogP contribution in [0.5, 0.6) is 0 Å². The van der Waals surface area contributed by atoms with Gasteiger partial charge in [-0.3, -0.25) is 9.59 Å². The van der Waals surface area contributed by atoms with E-state index in [0.717, 1.165) is 25.7 Å². The minimum Gasteiger partial charge on any atom is -0.481 e. The van der Waals surface area contributed by atoms with Crippen LogP contribution in [0.15, 0.2) is 0 Å². The van der Waals surface area contributed by atoms with E-state index < -0.39 is 5.97 Å². The van der Waals surface area contributed by atoms with Crippen LogP contribution < -0.4 is 0 Å². The predicted octanol–water partition coefficient (Wildman–Crippen LogP) is 14.3. The fraction of sp³-hybridized carbons (Fsp3) is 0.950. The third kappa shape index (κ3) is 45.7. The van der Waals surface area contributed by atoms with Gasteiger partial charge in [-0.15, -0.1) is 0 Å². The Balaban J connectivity index is 0. The van der Waals surface area contributed by atoms with Crippen molar-refractivity contribution in [1.29, 1.82) is 0 Å². The van der Waals surface area contributed by atoms with Gasteiger partial charge in [0.05, 0.1) is 0 Å². The second-order valence-corrected chi connectivity index (χ2v) is 13.4. The molecule has 0 radical (unpaired) electrons. The molecule has 0 saturated carbocycles. The summed E-state index contributed by atoms with van der Waals surface area (Å²) < 4.78 is 0. The van der Waals surface area contributed by atoms with Gasteiger partial charge in [-0.05, 0) is 12.8 Å². The van der Waals surface area contributed by atoms with E-state index in [0.29, 0.717) is 5.78 Å². The van der Waals surface area contributed by atoms with Crippen molar-refractivity contribution in [2.75, 3.05) is 0 Å². The Morgan fingerprint density at radius 3 is 0.651 bits per heavy atom. The maximum Gasteiger partial charge on any atom is 0.303 e. The third-order valence-corrected chi connectivity index (χ3v) is 8.92. The van der Waals surface area contributed by atoms with Crippen molar-refractivity contribution in [2.24, 2.45) is 0 Å². The topological polar surface area (TPSA) is 54.4 Å². The summed E-state index contributed by atoms with van der Waals surface area (Å²) in [5.41, 5.74) is 0. The van der Waals surface area contributed by atoms with E-state index in [9.17, 15) is 9.59 Å². The number of unbranched alkanes of at least 4 members (excludes halogenated alkanes) is 30. The zero-order chi connectivity index (χ0) is 31.9. The van der Waals surface area contributed by atoms with Crippen molar-refractivity contribution in [3.05, 3.63) is 0 Å². The largest absolute Gasteiger partial charge is 0.481 e. The van der Waals surface area contributed by atoms with Gasteiger partial charge in [0, 0.05) is 19.3 Å². The zero-order valence-corrected chi connectivity index (χ0v) is 30.0. The summed E-state index contributed by atoms with van der Waals surface area (Å²) in [4.78, 5) is 21.5. The molecule has 1 N–H and O–H groups in total. The third-order valence-electron chi connectivity index (χ3n) is 8.92. The smallest absolute Gasteiger partial charge is 0.303 e. The van der Waals surface area contributed by atoms with E-state index >= 15 is 0 Å². The van der Waals surface area contributed by atoms with Crippen LogP contribution in [-0.2, 0) is 9.59 Å². The lowest BCUT2D eigenvalue weighted by molar-refractivity contribution is -0.136. The van der Waals surface area contributed by atoms with Crippen molar-refractivity contribution >= 4 is 11.8 Å². The first kappa shape index (κ1) is 44.3. The fourth-order valence-corrected chi connectivity index (χ4v) is 5.87. The average molecular weight is 609 g/mol. The number of carbonyl (C=O) groups is 2. The zero-order valence-electron chi connectivity index (χ0n) is 30.0. The maximum atomic E-state index is 12.1. The molecule has 0 rings (SSSR count). The van der Waals surface area contributed by atoms with Gasteiger partial charge in [-0.25, -0.2) is 0 Å². The quantitative estimate of drug-likeness (QED) is 0.0728. The number of aliphatic carboxylic acids is 1. The first-order valence-electron chi connectivity index (χ1n) is 19.8. The standard InChI is InChI=1S/C37H74O.C3H6O2/c1-3-5-7-9-11-13-15-17-19-21-23-25-27-29-31-33-35-37(38)36-34-32-30-28-26-24-22-20-18-16-14-12-10-8-6-4-2;1-2-3(4)5/h3-36H2,1-2H3;2H2,1H3,(H,4,5). The molecule has 3 heteroatoms. The van der Waals surface area contributed by atoms with Crippen molar-refractivity contribution in [3.8, 4) is 0 Å². The summed E-state index contributed by atoms with van der Waals surface area (Å²) in [6.07, 6.45) is 46.6. The highest BCUT2D eigenvalue weighted by Gasteiger charge is 2.02. The number of Topliss-reactive ketones (excluding diaryl/α,β-unsaturated/α-hetero) is 1. The summed E-state index contributed by atoms with van der Waals surface area (Å²) in [5, 5.41) is 7.72.